The number of ether oxygens (including phenoxy) is 1. The highest BCUT2D eigenvalue weighted by atomic mass is 16.5. The van der Waals surface area contributed by atoms with Crippen molar-refractivity contribution < 1.29 is 19.1 Å². The van der Waals surface area contributed by atoms with Gasteiger partial charge in [0.15, 0.2) is 6.61 Å². The van der Waals surface area contributed by atoms with Crippen molar-refractivity contribution in [1.82, 2.24) is 5.32 Å². The van der Waals surface area contributed by atoms with Crippen LogP contribution in [-0.2, 0) is 14.3 Å². The van der Waals surface area contributed by atoms with E-state index in [9.17, 15) is 14.4 Å². The number of rotatable bonds is 8. The normalized spacial score (nSPS) is 11.7. The summed E-state index contributed by atoms with van der Waals surface area (Å²) in [7, 11) is 0. The third-order valence-corrected chi connectivity index (χ3v) is 3.34. The summed E-state index contributed by atoms with van der Waals surface area (Å²) < 4.78 is 5.01. The highest BCUT2D eigenvalue weighted by Crippen LogP contribution is 2.11. The topological polar surface area (TPSA) is 84.5 Å². The van der Waals surface area contributed by atoms with Crippen LogP contribution in [0.15, 0.2) is 24.3 Å². The first-order valence-corrected chi connectivity index (χ1v) is 8.12. The van der Waals surface area contributed by atoms with Gasteiger partial charge in [0.1, 0.15) is 0 Å². The molecule has 2 amide bonds. The first-order chi connectivity index (χ1) is 11.3. The smallest absolute Gasteiger partial charge is 0.338 e. The number of nitrogens with one attached hydrogen (secondary N) is 2. The van der Waals surface area contributed by atoms with Gasteiger partial charge in [-0.3, -0.25) is 9.59 Å². The Balaban J connectivity index is 2.45. The average Bonchev–Trinajstić information content (AvgIpc) is 2.50. The maximum Gasteiger partial charge on any atom is 0.338 e. The molecule has 0 aliphatic heterocycles. The summed E-state index contributed by atoms with van der Waals surface area (Å²) in [5, 5.41) is 5.39. The lowest BCUT2D eigenvalue weighted by Gasteiger charge is -2.15. The molecule has 1 aromatic rings. The van der Waals surface area contributed by atoms with E-state index >= 15 is 0 Å². The molecule has 0 aliphatic rings. The molecule has 0 spiro atoms. The summed E-state index contributed by atoms with van der Waals surface area (Å²) >= 11 is 0. The molecule has 24 heavy (non-hydrogen) atoms. The Kier molecular flexibility index (Phi) is 7.95. The van der Waals surface area contributed by atoms with Crippen LogP contribution in [0.25, 0.3) is 0 Å². The highest BCUT2D eigenvalue weighted by Gasteiger charge is 2.13. The van der Waals surface area contributed by atoms with Gasteiger partial charge in [0, 0.05) is 18.7 Å². The molecule has 0 bridgehead atoms. The lowest BCUT2D eigenvalue weighted by Crippen LogP contribution is -2.36. The number of hydrogen-bond donors (Lipinski definition) is 2. The van der Waals surface area contributed by atoms with Crippen LogP contribution in [0, 0.1) is 5.92 Å². The summed E-state index contributed by atoms with van der Waals surface area (Å²) in [6, 6.07) is 6.42. The molecular formula is C18H26N2O4. The van der Waals surface area contributed by atoms with Crippen molar-refractivity contribution in [3.63, 3.8) is 0 Å². The van der Waals surface area contributed by atoms with E-state index < -0.39 is 5.97 Å². The van der Waals surface area contributed by atoms with Crippen molar-refractivity contribution in [1.29, 1.82) is 0 Å². The Bertz CT molecular complexity index is 584. The standard InChI is InChI=1S/C18H26N2O4/c1-12(2)8-9-13(3)19-17(22)11-24-18(23)15-6-5-7-16(10-15)20-14(4)21/h5-7,10,12-13H,8-9,11H2,1-4H3,(H,19,22)(H,20,21). The second kappa shape index (κ2) is 9.70. The predicted molar refractivity (Wildman–Crippen MR) is 92.7 cm³/mol. The maximum atomic E-state index is 12.0. The van der Waals surface area contributed by atoms with Crippen LogP contribution in [0.1, 0.15) is 50.9 Å². The second-order valence-corrected chi connectivity index (χ2v) is 6.28. The summed E-state index contributed by atoms with van der Waals surface area (Å²) in [6.45, 7) is 7.25. The highest BCUT2D eigenvalue weighted by molar-refractivity contribution is 5.94. The molecular weight excluding hydrogens is 308 g/mol. The molecule has 1 unspecified atom stereocenters. The van der Waals surface area contributed by atoms with E-state index in [1.54, 1.807) is 18.2 Å². The molecule has 2 N–H and O–H groups in total. The molecule has 0 aliphatic carbocycles. The second-order valence-electron chi connectivity index (χ2n) is 6.28. The van der Waals surface area contributed by atoms with Gasteiger partial charge in [-0.2, -0.15) is 0 Å². The van der Waals surface area contributed by atoms with Crippen LogP contribution < -0.4 is 10.6 Å². The Morgan fingerprint density at radius 1 is 1.12 bits per heavy atom. The van der Waals surface area contributed by atoms with E-state index in [2.05, 4.69) is 24.5 Å². The lowest BCUT2D eigenvalue weighted by atomic mass is 10.0. The van der Waals surface area contributed by atoms with Crippen molar-refractivity contribution in [3.8, 4) is 0 Å². The fraction of sp³-hybridized carbons (Fsp3) is 0.500. The molecule has 1 rings (SSSR count). The third-order valence-electron chi connectivity index (χ3n) is 3.34. The molecule has 0 aromatic heterocycles. The van der Waals surface area contributed by atoms with Crippen molar-refractivity contribution in [3.05, 3.63) is 29.8 Å². The molecule has 132 valence electrons. The van der Waals surface area contributed by atoms with Gasteiger partial charge < -0.3 is 15.4 Å². The zero-order valence-corrected chi connectivity index (χ0v) is 14.7. The molecule has 0 fully saturated rings. The summed E-state index contributed by atoms with van der Waals surface area (Å²) in [5.74, 6) is -0.571. The van der Waals surface area contributed by atoms with Crippen LogP contribution in [0.3, 0.4) is 0 Å². The molecule has 0 heterocycles. The minimum atomic E-state index is -0.604. The fourth-order valence-corrected chi connectivity index (χ4v) is 2.11. The van der Waals surface area contributed by atoms with Gasteiger partial charge in [0.05, 0.1) is 5.56 Å². The first kappa shape index (κ1) is 19.7. The SMILES string of the molecule is CC(=O)Nc1cccc(C(=O)OCC(=O)NC(C)CCC(C)C)c1. The number of amides is 2. The van der Waals surface area contributed by atoms with Gasteiger partial charge in [-0.25, -0.2) is 4.79 Å². The summed E-state index contributed by atoms with van der Waals surface area (Å²) in [6.07, 6.45) is 1.91. The largest absolute Gasteiger partial charge is 0.452 e. The van der Waals surface area contributed by atoms with Crippen molar-refractivity contribution in [2.75, 3.05) is 11.9 Å². The minimum absolute atomic E-state index is 0.0432. The quantitative estimate of drug-likeness (QED) is 0.716. The number of hydrogen-bond acceptors (Lipinski definition) is 4. The Morgan fingerprint density at radius 3 is 2.46 bits per heavy atom. The predicted octanol–water partition coefficient (Wildman–Crippen LogP) is 2.74. The summed E-state index contributed by atoms with van der Waals surface area (Å²) in [4.78, 5) is 34.8. The van der Waals surface area contributed by atoms with E-state index in [1.165, 1.54) is 13.0 Å². The molecule has 6 heteroatoms. The van der Waals surface area contributed by atoms with Crippen LogP contribution >= 0.6 is 0 Å². The molecule has 1 aromatic carbocycles. The van der Waals surface area contributed by atoms with Crippen LogP contribution in [0.5, 0.6) is 0 Å². The summed E-state index contributed by atoms with van der Waals surface area (Å²) in [5.41, 5.74) is 0.783. The molecule has 1 atom stereocenters. The van der Waals surface area contributed by atoms with E-state index in [0.29, 0.717) is 11.6 Å². The number of carbonyl (C=O) groups is 3. The van der Waals surface area contributed by atoms with Gasteiger partial charge in [-0.15, -0.1) is 0 Å². The van der Waals surface area contributed by atoms with Crippen molar-refractivity contribution in [2.45, 2.75) is 46.6 Å². The Hall–Kier alpha value is -2.37. The fourth-order valence-electron chi connectivity index (χ4n) is 2.11. The zero-order valence-electron chi connectivity index (χ0n) is 14.7. The van der Waals surface area contributed by atoms with E-state index in [-0.39, 0.29) is 30.0 Å². The molecule has 0 saturated heterocycles. The monoisotopic (exact) mass is 334 g/mol. The first-order valence-electron chi connectivity index (χ1n) is 8.12. The van der Waals surface area contributed by atoms with Gasteiger partial charge in [-0.05, 0) is 43.9 Å². The van der Waals surface area contributed by atoms with E-state index in [4.69, 9.17) is 4.74 Å². The van der Waals surface area contributed by atoms with Gasteiger partial charge in [0.2, 0.25) is 5.91 Å². The number of benzene rings is 1. The van der Waals surface area contributed by atoms with Gasteiger partial charge in [-0.1, -0.05) is 19.9 Å². The van der Waals surface area contributed by atoms with Gasteiger partial charge in [0.25, 0.3) is 5.91 Å². The number of carbonyl (C=O) groups excluding carboxylic acids is 3. The van der Waals surface area contributed by atoms with Gasteiger partial charge >= 0.3 is 5.97 Å². The maximum absolute atomic E-state index is 12.0. The van der Waals surface area contributed by atoms with Crippen molar-refractivity contribution >= 4 is 23.5 Å². The molecule has 6 nitrogen and oxygen atoms in total. The van der Waals surface area contributed by atoms with E-state index in [1.807, 2.05) is 6.92 Å². The van der Waals surface area contributed by atoms with Crippen LogP contribution in [0.2, 0.25) is 0 Å². The molecule has 0 saturated carbocycles. The average molecular weight is 334 g/mol. The number of esters is 1. The zero-order chi connectivity index (χ0) is 18.1. The molecule has 0 radical (unpaired) electrons. The van der Waals surface area contributed by atoms with Crippen LogP contribution in [-0.4, -0.2) is 30.4 Å². The minimum Gasteiger partial charge on any atom is -0.452 e. The van der Waals surface area contributed by atoms with Crippen molar-refractivity contribution in [2.24, 2.45) is 5.92 Å². The lowest BCUT2D eigenvalue weighted by molar-refractivity contribution is -0.124. The van der Waals surface area contributed by atoms with Crippen LogP contribution in [0.4, 0.5) is 5.69 Å². The Labute approximate surface area is 143 Å². The third kappa shape index (κ3) is 7.76. The number of anilines is 1. The van der Waals surface area contributed by atoms with E-state index in [0.717, 1.165) is 12.8 Å². The Morgan fingerprint density at radius 2 is 1.83 bits per heavy atom.